The van der Waals surface area contributed by atoms with E-state index >= 15 is 0 Å². The van der Waals surface area contributed by atoms with Gasteiger partial charge in [0.1, 0.15) is 6.04 Å². The molecule has 1 saturated heterocycles. The Kier molecular flexibility index (Phi) is 5.33. The minimum atomic E-state index is -0.371. The zero-order chi connectivity index (χ0) is 17.8. The van der Waals surface area contributed by atoms with Crippen LogP contribution in [0.5, 0.6) is 0 Å². The molecule has 1 aliphatic rings. The van der Waals surface area contributed by atoms with Crippen LogP contribution in [0.25, 0.3) is 11.5 Å². The minimum Gasteiger partial charge on any atom is -0.421 e. The number of hydrogen-bond acceptors (Lipinski definition) is 5. The minimum absolute atomic E-state index is 0.0719. The Morgan fingerprint density at radius 2 is 2.08 bits per heavy atom. The third-order valence-electron chi connectivity index (χ3n) is 4.23. The molecule has 1 N–H and O–H groups in total. The van der Waals surface area contributed by atoms with Gasteiger partial charge in [0.15, 0.2) is 0 Å². The number of benzene rings is 1. The molecule has 3 rings (SSSR count). The van der Waals surface area contributed by atoms with Crippen molar-refractivity contribution in [3.05, 3.63) is 35.2 Å². The molecule has 8 heteroatoms. The van der Waals surface area contributed by atoms with E-state index in [4.69, 9.17) is 16.0 Å². The molecule has 1 aromatic carbocycles. The second-order valence-corrected chi connectivity index (χ2v) is 6.30. The molecule has 132 valence electrons. The molecular formula is C17H19ClN4O3. The number of aromatic nitrogens is 2. The molecule has 1 fully saturated rings. The zero-order valence-electron chi connectivity index (χ0n) is 13.9. The second kappa shape index (κ2) is 7.65. The Bertz CT molecular complexity index is 760. The normalized spacial score (nSPS) is 16.9. The molecule has 2 heterocycles. The van der Waals surface area contributed by atoms with Crippen molar-refractivity contribution in [2.75, 3.05) is 13.6 Å². The van der Waals surface area contributed by atoms with E-state index in [1.165, 1.54) is 0 Å². The molecule has 0 radical (unpaired) electrons. The van der Waals surface area contributed by atoms with E-state index in [9.17, 15) is 9.59 Å². The van der Waals surface area contributed by atoms with E-state index < -0.39 is 0 Å². The quantitative estimate of drug-likeness (QED) is 0.879. The van der Waals surface area contributed by atoms with Crippen LogP contribution in [0, 0.1) is 0 Å². The molecule has 1 aromatic heterocycles. The number of hydrogen-bond donors (Lipinski definition) is 1. The largest absolute Gasteiger partial charge is 0.421 e. The monoisotopic (exact) mass is 362 g/mol. The van der Waals surface area contributed by atoms with Crippen LogP contribution in [0.15, 0.2) is 28.7 Å². The summed E-state index contributed by atoms with van der Waals surface area (Å²) >= 11 is 5.86. The van der Waals surface area contributed by atoms with Gasteiger partial charge in [-0.3, -0.25) is 9.59 Å². The van der Waals surface area contributed by atoms with E-state index in [0.29, 0.717) is 36.2 Å². The van der Waals surface area contributed by atoms with Gasteiger partial charge in [-0.05, 0) is 37.1 Å². The maximum Gasteiger partial charge on any atom is 0.247 e. The van der Waals surface area contributed by atoms with Crippen molar-refractivity contribution < 1.29 is 14.0 Å². The number of amides is 2. The fraction of sp³-hybridized carbons (Fsp3) is 0.412. The smallest absolute Gasteiger partial charge is 0.247 e. The highest BCUT2D eigenvalue weighted by atomic mass is 35.5. The van der Waals surface area contributed by atoms with Crippen molar-refractivity contribution in [2.45, 2.75) is 31.7 Å². The van der Waals surface area contributed by atoms with E-state index in [1.54, 1.807) is 36.2 Å². The number of likely N-dealkylation sites (N-methyl/N-ethyl adjacent to an activating group) is 1. The molecule has 0 saturated carbocycles. The number of carbonyl (C=O) groups is 2. The SMILES string of the molecule is CNC(=O)C1CCCN1C(=O)CCc1nnc(-c2ccc(Cl)cc2)o1. The number of halogens is 1. The summed E-state index contributed by atoms with van der Waals surface area (Å²) in [5, 5.41) is 11.2. The molecule has 1 unspecified atom stereocenters. The topological polar surface area (TPSA) is 88.3 Å². The fourth-order valence-corrected chi connectivity index (χ4v) is 3.05. The van der Waals surface area contributed by atoms with E-state index in [-0.39, 0.29) is 24.3 Å². The molecule has 0 spiro atoms. The van der Waals surface area contributed by atoms with Gasteiger partial charge >= 0.3 is 0 Å². The summed E-state index contributed by atoms with van der Waals surface area (Å²) in [6.45, 7) is 0.608. The predicted molar refractivity (Wildman–Crippen MR) is 91.9 cm³/mol. The van der Waals surface area contributed by atoms with Gasteiger partial charge in [-0.25, -0.2) is 0 Å². The van der Waals surface area contributed by atoms with Crippen LogP contribution in [0.1, 0.15) is 25.2 Å². The first-order chi connectivity index (χ1) is 12.1. The number of likely N-dealkylation sites (tertiary alicyclic amines) is 1. The molecule has 25 heavy (non-hydrogen) atoms. The van der Waals surface area contributed by atoms with Gasteiger partial charge in [-0.1, -0.05) is 11.6 Å². The summed E-state index contributed by atoms with van der Waals surface area (Å²) in [6, 6.07) is 6.71. The first-order valence-corrected chi connectivity index (χ1v) is 8.55. The highest BCUT2D eigenvalue weighted by Crippen LogP contribution is 2.22. The lowest BCUT2D eigenvalue weighted by atomic mass is 10.2. The number of aryl methyl sites for hydroxylation is 1. The summed E-state index contributed by atoms with van der Waals surface area (Å²) in [6.07, 6.45) is 2.11. The summed E-state index contributed by atoms with van der Waals surface area (Å²) in [4.78, 5) is 25.9. The van der Waals surface area contributed by atoms with Gasteiger partial charge in [-0.2, -0.15) is 0 Å². The summed E-state index contributed by atoms with van der Waals surface area (Å²) in [7, 11) is 1.58. The molecule has 2 aromatic rings. The van der Waals surface area contributed by atoms with Crippen molar-refractivity contribution >= 4 is 23.4 Å². The van der Waals surface area contributed by atoms with Crippen LogP contribution in [-0.4, -0.2) is 46.5 Å². The Morgan fingerprint density at radius 1 is 1.32 bits per heavy atom. The second-order valence-electron chi connectivity index (χ2n) is 5.87. The lowest BCUT2D eigenvalue weighted by Gasteiger charge is -2.23. The van der Waals surface area contributed by atoms with Crippen molar-refractivity contribution in [3.8, 4) is 11.5 Å². The number of carbonyl (C=O) groups excluding carboxylic acids is 2. The average molecular weight is 363 g/mol. The summed E-state index contributed by atoms with van der Waals surface area (Å²) in [5.74, 6) is 0.600. The molecule has 1 atom stereocenters. The van der Waals surface area contributed by atoms with Crippen LogP contribution in [0.3, 0.4) is 0 Å². The van der Waals surface area contributed by atoms with E-state index in [2.05, 4.69) is 15.5 Å². The van der Waals surface area contributed by atoms with Crippen molar-refractivity contribution in [3.63, 3.8) is 0 Å². The highest BCUT2D eigenvalue weighted by Gasteiger charge is 2.33. The molecule has 7 nitrogen and oxygen atoms in total. The van der Waals surface area contributed by atoms with E-state index in [0.717, 1.165) is 12.0 Å². The fourth-order valence-electron chi connectivity index (χ4n) is 2.93. The van der Waals surface area contributed by atoms with Crippen molar-refractivity contribution in [1.82, 2.24) is 20.4 Å². The van der Waals surface area contributed by atoms with Crippen LogP contribution in [0.4, 0.5) is 0 Å². The number of nitrogens with zero attached hydrogens (tertiary/aromatic N) is 3. The van der Waals surface area contributed by atoms with Crippen LogP contribution >= 0.6 is 11.6 Å². The van der Waals surface area contributed by atoms with Crippen molar-refractivity contribution in [2.24, 2.45) is 0 Å². The standard InChI is InChI=1S/C17H19ClN4O3/c1-19-16(24)13-3-2-10-22(13)15(23)9-8-14-20-21-17(25-14)11-4-6-12(18)7-5-11/h4-7,13H,2-3,8-10H2,1H3,(H,19,24). The van der Waals surface area contributed by atoms with Gasteiger partial charge in [0, 0.05) is 37.0 Å². The predicted octanol–water partition coefficient (Wildman–Crippen LogP) is 2.06. The van der Waals surface area contributed by atoms with Gasteiger partial charge in [0.05, 0.1) is 0 Å². The average Bonchev–Trinajstić information content (AvgIpc) is 3.29. The third kappa shape index (κ3) is 3.99. The van der Waals surface area contributed by atoms with Gasteiger partial charge < -0.3 is 14.6 Å². The van der Waals surface area contributed by atoms with Crippen molar-refractivity contribution in [1.29, 1.82) is 0 Å². The Hall–Kier alpha value is -2.41. The van der Waals surface area contributed by atoms with Gasteiger partial charge in [-0.15, -0.1) is 10.2 Å². The third-order valence-corrected chi connectivity index (χ3v) is 4.48. The van der Waals surface area contributed by atoms with Crippen LogP contribution in [-0.2, 0) is 16.0 Å². The molecule has 0 aliphatic carbocycles. The van der Waals surface area contributed by atoms with Crippen LogP contribution < -0.4 is 5.32 Å². The first kappa shape index (κ1) is 17.4. The summed E-state index contributed by atoms with van der Waals surface area (Å²) < 4.78 is 5.60. The highest BCUT2D eigenvalue weighted by molar-refractivity contribution is 6.30. The van der Waals surface area contributed by atoms with Gasteiger partial charge in [0.2, 0.25) is 23.6 Å². The Morgan fingerprint density at radius 3 is 2.80 bits per heavy atom. The summed E-state index contributed by atoms with van der Waals surface area (Å²) in [5.41, 5.74) is 0.772. The molecular weight excluding hydrogens is 344 g/mol. The Balaban J connectivity index is 1.59. The number of rotatable bonds is 5. The Labute approximate surface area is 150 Å². The van der Waals surface area contributed by atoms with E-state index in [1.807, 2.05) is 0 Å². The maximum atomic E-state index is 12.4. The molecule has 2 amide bonds. The van der Waals surface area contributed by atoms with Crippen LogP contribution in [0.2, 0.25) is 5.02 Å². The van der Waals surface area contributed by atoms with Gasteiger partial charge in [0.25, 0.3) is 0 Å². The molecule has 0 bridgehead atoms. The zero-order valence-corrected chi connectivity index (χ0v) is 14.6. The maximum absolute atomic E-state index is 12.4. The lowest BCUT2D eigenvalue weighted by molar-refractivity contribution is -0.138. The lowest BCUT2D eigenvalue weighted by Crippen LogP contribution is -2.44. The first-order valence-electron chi connectivity index (χ1n) is 8.18. The molecule has 1 aliphatic heterocycles. The number of nitrogens with one attached hydrogen (secondary N) is 1.